The van der Waals surface area contributed by atoms with Crippen LogP contribution < -0.4 is 0 Å². The summed E-state index contributed by atoms with van der Waals surface area (Å²) in [5.41, 5.74) is -0.426. The van der Waals surface area contributed by atoms with E-state index in [4.69, 9.17) is 34.8 Å². The van der Waals surface area contributed by atoms with Crippen molar-refractivity contribution in [1.82, 2.24) is 14.7 Å². The Morgan fingerprint density at radius 3 is 2.15 bits per heavy atom. The lowest BCUT2D eigenvalue weighted by atomic mass is 9.83. The molecule has 0 aromatic heterocycles. The SMILES string of the molecule is CC(=O)N1CCC(C(=O)N2CCC(N(C)C(=O)c3cc(Cl)cc(C(F)(F)F)c3)C(c3ccc(Cl)c(Cl)c3)C2)CC1. The number of carbonyl (C=O) groups is 3. The number of piperidine rings is 2. The van der Waals surface area contributed by atoms with Gasteiger partial charge in [0.05, 0.1) is 15.6 Å². The molecule has 4 rings (SSSR count). The van der Waals surface area contributed by atoms with Crippen LogP contribution in [-0.2, 0) is 15.8 Å². The predicted octanol–water partition coefficient (Wildman–Crippen LogP) is 6.38. The first-order valence-corrected chi connectivity index (χ1v) is 14.0. The molecule has 2 atom stereocenters. The molecule has 2 fully saturated rings. The van der Waals surface area contributed by atoms with Gasteiger partial charge in [-0.15, -0.1) is 0 Å². The molecule has 12 heteroatoms. The highest BCUT2D eigenvalue weighted by atomic mass is 35.5. The van der Waals surface area contributed by atoms with Gasteiger partial charge in [0.15, 0.2) is 0 Å². The van der Waals surface area contributed by atoms with Crippen molar-refractivity contribution in [2.45, 2.75) is 44.3 Å². The van der Waals surface area contributed by atoms with E-state index in [1.54, 1.807) is 35.0 Å². The summed E-state index contributed by atoms with van der Waals surface area (Å²) in [5.74, 6) is -1.22. The summed E-state index contributed by atoms with van der Waals surface area (Å²) in [6.45, 7) is 3.22. The smallest absolute Gasteiger partial charge is 0.343 e. The summed E-state index contributed by atoms with van der Waals surface area (Å²) in [7, 11) is 1.54. The monoisotopic (exact) mass is 617 g/mol. The first kappa shape index (κ1) is 30.5. The molecule has 2 saturated heterocycles. The summed E-state index contributed by atoms with van der Waals surface area (Å²) in [6, 6.07) is 7.47. The van der Waals surface area contributed by atoms with Crippen molar-refractivity contribution in [1.29, 1.82) is 0 Å². The third kappa shape index (κ3) is 6.69. The Kier molecular flexibility index (Phi) is 9.27. The maximum absolute atomic E-state index is 13.5. The molecule has 2 aliphatic rings. The minimum atomic E-state index is -4.66. The van der Waals surface area contributed by atoms with E-state index in [0.717, 1.165) is 17.7 Å². The summed E-state index contributed by atoms with van der Waals surface area (Å²) in [4.78, 5) is 43.6. The third-order valence-corrected chi connectivity index (χ3v) is 8.80. The quantitative estimate of drug-likeness (QED) is 0.400. The Morgan fingerprint density at radius 1 is 0.900 bits per heavy atom. The van der Waals surface area contributed by atoms with Crippen molar-refractivity contribution < 1.29 is 27.6 Å². The Bertz CT molecular complexity index is 1300. The number of alkyl halides is 3. The molecule has 0 bridgehead atoms. The van der Waals surface area contributed by atoms with Crippen LogP contribution in [-0.4, -0.2) is 71.7 Å². The molecule has 6 nitrogen and oxygen atoms in total. The van der Waals surface area contributed by atoms with Crippen molar-refractivity contribution in [3.8, 4) is 0 Å². The van der Waals surface area contributed by atoms with Crippen molar-refractivity contribution in [3.63, 3.8) is 0 Å². The minimum Gasteiger partial charge on any atom is -0.343 e. The summed E-state index contributed by atoms with van der Waals surface area (Å²) < 4.78 is 40.2. The van der Waals surface area contributed by atoms with Crippen LogP contribution in [0.4, 0.5) is 13.2 Å². The van der Waals surface area contributed by atoms with E-state index in [1.165, 1.54) is 17.9 Å². The van der Waals surface area contributed by atoms with Crippen LogP contribution in [0.15, 0.2) is 36.4 Å². The van der Waals surface area contributed by atoms with E-state index < -0.39 is 23.7 Å². The van der Waals surface area contributed by atoms with E-state index in [-0.39, 0.29) is 40.8 Å². The van der Waals surface area contributed by atoms with Crippen molar-refractivity contribution in [3.05, 3.63) is 68.2 Å². The van der Waals surface area contributed by atoms with E-state index in [9.17, 15) is 27.6 Å². The third-order valence-electron chi connectivity index (χ3n) is 7.84. The fraction of sp³-hybridized carbons (Fsp3) is 0.464. The molecule has 2 heterocycles. The van der Waals surface area contributed by atoms with Crippen LogP contribution in [0.5, 0.6) is 0 Å². The Hall–Kier alpha value is -2.49. The van der Waals surface area contributed by atoms with Gasteiger partial charge in [0.2, 0.25) is 11.8 Å². The second kappa shape index (κ2) is 12.2. The number of hydrogen-bond acceptors (Lipinski definition) is 3. The van der Waals surface area contributed by atoms with Gasteiger partial charge < -0.3 is 14.7 Å². The van der Waals surface area contributed by atoms with Crippen molar-refractivity contribution in [2.24, 2.45) is 5.92 Å². The van der Waals surface area contributed by atoms with Crippen LogP contribution in [0, 0.1) is 5.92 Å². The first-order chi connectivity index (χ1) is 18.8. The lowest BCUT2D eigenvalue weighted by molar-refractivity contribution is -0.141. The zero-order valence-electron chi connectivity index (χ0n) is 22.0. The van der Waals surface area contributed by atoms with Crippen molar-refractivity contribution >= 4 is 52.5 Å². The molecular formula is C28H29Cl3F3N3O3. The number of likely N-dealkylation sites (N-methyl/N-ethyl adjacent to an activating group) is 1. The second-order valence-electron chi connectivity index (χ2n) is 10.3. The molecule has 2 aliphatic heterocycles. The summed E-state index contributed by atoms with van der Waals surface area (Å²) in [6.07, 6.45) is -3.11. The van der Waals surface area contributed by atoms with E-state index >= 15 is 0 Å². The predicted molar refractivity (Wildman–Crippen MR) is 148 cm³/mol. The number of rotatable bonds is 4. The maximum atomic E-state index is 13.5. The molecule has 2 aromatic rings. The Morgan fingerprint density at radius 2 is 1.55 bits per heavy atom. The number of carbonyl (C=O) groups excluding carboxylic acids is 3. The molecular weight excluding hydrogens is 590 g/mol. The molecule has 2 unspecified atom stereocenters. The second-order valence-corrected chi connectivity index (χ2v) is 11.6. The molecule has 2 aromatic carbocycles. The van der Waals surface area contributed by atoms with E-state index in [1.807, 2.05) is 0 Å². The lowest BCUT2D eigenvalue weighted by Gasteiger charge is -2.44. The summed E-state index contributed by atoms with van der Waals surface area (Å²) in [5, 5.41) is 0.478. The molecule has 0 radical (unpaired) electrons. The zero-order chi connectivity index (χ0) is 29.4. The van der Waals surface area contributed by atoms with Gasteiger partial charge in [0, 0.05) is 68.6 Å². The number of amides is 3. The molecule has 0 N–H and O–H groups in total. The minimum absolute atomic E-state index is 0.00893. The number of benzene rings is 2. The van der Waals surface area contributed by atoms with Gasteiger partial charge in [0.25, 0.3) is 5.91 Å². The van der Waals surface area contributed by atoms with Crippen LogP contribution in [0.25, 0.3) is 0 Å². The first-order valence-electron chi connectivity index (χ1n) is 12.9. The topological polar surface area (TPSA) is 60.9 Å². The molecule has 40 heavy (non-hydrogen) atoms. The summed E-state index contributed by atoms with van der Waals surface area (Å²) >= 11 is 18.4. The van der Waals surface area contributed by atoms with Crippen LogP contribution in [0.1, 0.15) is 53.6 Å². The average molecular weight is 619 g/mol. The molecule has 0 aliphatic carbocycles. The van der Waals surface area contributed by atoms with Gasteiger partial charge in [0.1, 0.15) is 0 Å². The standard InChI is InChI=1S/C28H29Cl3F3N3O3/c1-16(38)36-8-5-17(6-9-36)27(40)37-10-7-25(22(15-37)18-3-4-23(30)24(31)13-18)35(2)26(39)19-11-20(28(32,33)34)14-21(29)12-19/h3-4,11-14,17,22,25H,5-10,15H2,1-2H3. The molecule has 3 amide bonds. The number of hydrogen-bond donors (Lipinski definition) is 0. The highest BCUT2D eigenvalue weighted by Crippen LogP contribution is 2.37. The van der Waals surface area contributed by atoms with Gasteiger partial charge in [-0.25, -0.2) is 0 Å². The van der Waals surface area contributed by atoms with Gasteiger partial charge in [-0.1, -0.05) is 40.9 Å². The highest BCUT2D eigenvalue weighted by Gasteiger charge is 2.40. The number of likely N-dealkylation sites (tertiary alicyclic amines) is 2. The van der Waals surface area contributed by atoms with Crippen LogP contribution in [0.3, 0.4) is 0 Å². The zero-order valence-corrected chi connectivity index (χ0v) is 24.2. The van der Waals surface area contributed by atoms with E-state index in [0.29, 0.717) is 48.9 Å². The van der Waals surface area contributed by atoms with Crippen LogP contribution >= 0.6 is 34.8 Å². The fourth-order valence-corrected chi connectivity index (χ4v) is 6.15. The Labute approximate surface area is 245 Å². The van der Waals surface area contributed by atoms with Gasteiger partial charge in [-0.05, 0) is 55.2 Å². The lowest BCUT2D eigenvalue weighted by Crippen LogP contribution is -2.53. The Balaban J connectivity index is 1.59. The van der Waals surface area contributed by atoms with Gasteiger partial charge in [-0.2, -0.15) is 13.2 Å². The van der Waals surface area contributed by atoms with Crippen LogP contribution in [0.2, 0.25) is 15.1 Å². The van der Waals surface area contributed by atoms with Gasteiger partial charge >= 0.3 is 6.18 Å². The van der Waals surface area contributed by atoms with E-state index in [2.05, 4.69) is 0 Å². The molecule has 0 spiro atoms. The largest absolute Gasteiger partial charge is 0.416 e. The number of halogens is 6. The molecule has 216 valence electrons. The highest BCUT2D eigenvalue weighted by molar-refractivity contribution is 6.42. The maximum Gasteiger partial charge on any atom is 0.416 e. The normalized spacial score (nSPS) is 20.4. The van der Waals surface area contributed by atoms with Crippen molar-refractivity contribution in [2.75, 3.05) is 33.2 Å². The average Bonchev–Trinajstić information content (AvgIpc) is 2.92. The van der Waals surface area contributed by atoms with Gasteiger partial charge in [-0.3, -0.25) is 14.4 Å². The number of nitrogens with zero attached hydrogens (tertiary/aromatic N) is 3. The fourth-order valence-electron chi connectivity index (χ4n) is 5.60. The molecule has 0 saturated carbocycles.